The Labute approximate surface area is 711 Å². The molecule has 4 aliphatic carbocycles. The first-order valence-electron chi connectivity index (χ1n) is 41.5. The fraction of sp³-hybridized carbons (Fsp3) is 0.455. The largest absolute Gasteiger partial charge is 0.327 e. The van der Waals surface area contributed by atoms with Gasteiger partial charge < -0.3 is 5.73 Å². The summed E-state index contributed by atoms with van der Waals surface area (Å²) in [4.78, 5) is -4.07. The van der Waals surface area contributed by atoms with Gasteiger partial charge in [-0.3, -0.25) is 42.5 Å². The summed E-state index contributed by atoms with van der Waals surface area (Å²) in [6.07, 6.45) is -5.38. The highest BCUT2D eigenvalue weighted by Gasteiger charge is 2.75. The summed E-state index contributed by atoms with van der Waals surface area (Å²) in [6, 6.07) is 43.2. The van der Waals surface area contributed by atoms with E-state index in [0.29, 0.717) is 76.6 Å². The first-order valence-corrected chi connectivity index (χ1v) is 53.9. The van der Waals surface area contributed by atoms with Crippen LogP contribution >= 0.6 is 0 Å². The molecule has 8 bridgehead atoms. The van der Waals surface area contributed by atoms with Crippen LogP contribution in [0.1, 0.15) is 89.5 Å². The maximum atomic E-state index is 17.6. The second-order valence-corrected chi connectivity index (χ2v) is 52.3. The van der Waals surface area contributed by atoms with Crippen LogP contribution < -0.4 is 48.3 Å². The normalized spacial score (nSPS) is 33.4. The molecule has 25 unspecified atom stereocenters. The third-order valence-corrected chi connectivity index (χ3v) is 47.0. The van der Waals surface area contributed by atoms with Crippen molar-refractivity contribution < 1.29 is 67.3 Å². The Hall–Kier alpha value is -7.00. The Morgan fingerprint density at radius 3 is 0.562 bits per heavy atom. The standard InChI is InChI=1S/C88H105N9O16S8/c1-48-16-32-56(33-17-48)114(98,99)73-69-70(74(115(100,101)57-34-18-49(2)19-35-57)78(119(108,109)61-42-26-53(6)27-43-61)77(73)118(106,107)60-40-24-52(5)25-41-60)87-95-85(69)92-82-65-13-10-9-12-64(65)81(90-82)91-83-66-14-11-15-67(89)68(66)84(93-83)94-86-71-72(88(96-86)97-87)76(117(104,105)59-38-22-51(4)23-39-59)80(121(112,113)63-46-30-55(8)31-47-63)79(120(110,111)62-44-28-54(7)29-45-62)75(71)116(102,103)58-36-20-50(3)21-37-58/h16-47,64-88,90-97H,9-15,89H2,1-8H3. The second-order valence-electron chi connectivity index (χ2n) is 35.5. The van der Waals surface area contributed by atoms with Crippen LogP contribution in [0.25, 0.3) is 0 Å². The first kappa shape index (κ1) is 86.1. The van der Waals surface area contributed by atoms with Crippen molar-refractivity contribution in [2.75, 3.05) is 0 Å². The van der Waals surface area contributed by atoms with Crippen molar-refractivity contribution in [3.8, 4) is 0 Å². The molecule has 5 aliphatic heterocycles. The third kappa shape index (κ3) is 14.9. The number of nitrogens with one attached hydrogen (secondary N) is 8. The Morgan fingerprint density at radius 2 is 0.355 bits per heavy atom. The molecule has 9 aliphatic rings. The zero-order chi connectivity index (χ0) is 85.9. The molecule has 5 heterocycles. The van der Waals surface area contributed by atoms with E-state index >= 15 is 67.3 Å². The lowest BCUT2D eigenvalue weighted by molar-refractivity contribution is 0.158. The van der Waals surface area contributed by atoms with Gasteiger partial charge in [0.25, 0.3) is 0 Å². The summed E-state index contributed by atoms with van der Waals surface area (Å²) >= 11 is 0. The molecule has 9 fully saturated rings. The van der Waals surface area contributed by atoms with Crippen molar-refractivity contribution in [3.63, 3.8) is 0 Å². The number of benzene rings is 8. The molecule has 25 atom stereocenters. The highest BCUT2D eigenvalue weighted by atomic mass is 32.2. The lowest BCUT2D eigenvalue weighted by atomic mass is 9.74. The molecule has 25 nitrogen and oxygen atoms in total. The van der Waals surface area contributed by atoms with E-state index < -0.39 is 245 Å². The molecule has 17 rings (SSSR count). The second kappa shape index (κ2) is 31.8. The van der Waals surface area contributed by atoms with E-state index in [9.17, 15) is 0 Å². The molecule has 10 N–H and O–H groups in total. The Kier molecular flexibility index (Phi) is 22.7. The van der Waals surface area contributed by atoms with Crippen LogP contribution in [0.15, 0.2) is 233 Å². The van der Waals surface area contributed by atoms with Crippen molar-refractivity contribution in [1.29, 1.82) is 0 Å². The van der Waals surface area contributed by atoms with Gasteiger partial charge in [0, 0.05) is 35.6 Å². The van der Waals surface area contributed by atoms with Gasteiger partial charge in [0.1, 0.15) is 21.0 Å². The van der Waals surface area contributed by atoms with Gasteiger partial charge >= 0.3 is 0 Å². The van der Waals surface area contributed by atoms with Gasteiger partial charge in [-0.05, 0) is 196 Å². The molecular formula is C88H105N9O16S8. The molecule has 0 amide bonds. The molecule has 0 radical (unpaired) electrons. The summed E-state index contributed by atoms with van der Waals surface area (Å²) in [7, 11) is -44.2. The molecule has 33 heteroatoms. The van der Waals surface area contributed by atoms with E-state index in [-0.39, 0.29) is 17.8 Å². The highest BCUT2D eigenvalue weighted by Crippen LogP contribution is 2.57. The van der Waals surface area contributed by atoms with Crippen LogP contribution in [0, 0.1) is 103 Å². The fourth-order valence-electron chi connectivity index (χ4n) is 22.2. The summed E-state index contributed by atoms with van der Waals surface area (Å²) < 4.78 is 279. The minimum Gasteiger partial charge on any atom is -0.327 e. The monoisotopic (exact) mass is 1800 g/mol. The van der Waals surface area contributed by atoms with Gasteiger partial charge in [0.05, 0.1) is 109 Å². The summed E-state index contributed by atoms with van der Waals surface area (Å²) in [5.74, 6) is -9.22. The van der Waals surface area contributed by atoms with Crippen LogP contribution in [0.5, 0.6) is 0 Å². The van der Waals surface area contributed by atoms with E-state index in [4.69, 9.17) is 5.73 Å². The average molecular weight is 1800 g/mol. The molecule has 8 aromatic carbocycles. The average Bonchev–Trinajstić information content (AvgIpc) is 1.54. The Morgan fingerprint density at radius 1 is 0.198 bits per heavy atom. The smallest absolute Gasteiger partial charge is 0.183 e. The molecule has 4 saturated carbocycles. The molecule has 5 saturated heterocycles. The van der Waals surface area contributed by atoms with Crippen molar-refractivity contribution in [3.05, 3.63) is 239 Å². The maximum absolute atomic E-state index is 17.6. The molecule has 0 spiro atoms. The van der Waals surface area contributed by atoms with Crippen LogP contribution in [0.4, 0.5) is 0 Å². The van der Waals surface area contributed by atoms with Gasteiger partial charge in [0.15, 0.2) is 78.7 Å². The lowest BCUT2D eigenvalue weighted by Crippen LogP contribution is -2.71. The van der Waals surface area contributed by atoms with Crippen molar-refractivity contribution in [2.24, 2.45) is 53.1 Å². The number of sulfone groups is 8. The minimum atomic E-state index is -5.61. The van der Waals surface area contributed by atoms with Crippen LogP contribution in [0.2, 0.25) is 0 Å². The molecule has 8 aromatic rings. The summed E-state index contributed by atoms with van der Waals surface area (Å²) in [5.41, 5.74) is 12.0. The quantitative estimate of drug-likeness (QED) is 0.0449. The van der Waals surface area contributed by atoms with Gasteiger partial charge in [0.2, 0.25) is 0 Å². The third-order valence-electron chi connectivity index (χ3n) is 28.0. The lowest BCUT2D eigenvalue weighted by Gasteiger charge is -2.50. The van der Waals surface area contributed by atoms with Gasteiger partial charge in [-0.2, -0.15) is 0 Å². The predicted octanol–water partition coefficient (Wildman–Crippen LogP) is 7.63. The predicted molar refractivity (Wildman–Crippen MR) is 461 cm³/mol. The van der Waals surface area contributed by atoms with Gasteiger partial charge in [-0.1, -0.05) is 161 Å². The number of hydrogen-bond acceptors (Lipinski definition) is 25. The topological polar surface area (TPSA) is 395 Å². The van der Waals surface area contributed by atoms with E-state index in [2.05, 4.69) is 42.5 Å². The van der Waals surface area contributed by atoms with Gasteiger partial charge in [-0.15, -0.1) is 0 Å². The van der Waals surface area contributed by atoms with Crippen LogP contribution in [0.3, 0.4) is 0 Å². The van der Waals surface area contributed by atoms with Crippen molar-refractivity contribution >= 4 is 78.7 Å². The zero-order valence-corrected chi connectivity index (χ0v) is 74.8. The van der Waals surface area contributed by atoms with Crippen LogP contribution in [-0.4, -0.2) is 165 Å². The minimum absolute atomic E-state index is 0.165. The Balaban J connectivity index is 1.00. The summed E-state index contributed by atoms with van der Waals surface area (Å²) in [5, 5.41) is 8.94. The highest BCUT2D eigenvalue weighted by molar-refractivity contribution is 8.00. The number of aryl methyl sites for hydroxylation is 8. The molecule has 646 valence electrons. The number of nitrogens with two attached hydrogens (primary N) is 1. The molecule has 121 heavy (non-hydrogen) atoms. The van der Waals surface area contributed by atoms with Crippen LogP contribution in [-0.2, 0) is 78.7 Å². The fourth-order valence-corrected chi connectivity index (χ4v) is 43.8. The molecular weight excluding hydrogens is 1700 g/mol. The molecule has 0 aromatic heterocycles. The number of rotatable bonds is 16. The van der Waals surface area contributed by atoms with Crippen molar-refractivity contribution in [2.45, 2.75) is 237 Å². The van der Waals surface area contributed by atoms with E-state index in [1.165, 1.54) is 194 Å². The number of fused-ring (bicyclic) bond motifs is 20. The number of hydrogen-bond donors (Lipinski definition) is 9. The SMILES string of the molecule is Cc1ccc(S(=O)(=O)C2C3C4NC5NC(NC6NC(NC7NC(NC(N4)C3C(S(=O)(=O)c3ccc(C)cc3)C(S(=O)(=O)c3ccc(C)cc3)C2S(=O)(=O)c2ccc(C)cc2)C2C7C(S(=O)(=O)c3ccc(C)cc3)C(S(=O)(=O)c3ccc(C)cc3)C(S(=O)(=O)c3ccc(C)cc3)C2S(=O)(=O)c2ccc(C)cc2)C2C(N)CCCC62)C2CCCCC52)cc1. The Bertz CT molecular complexity index is 6270. The van der Waals surface area contributed by atoms with Crippen molar-refractivity contribution in [1.82, 2.24) is 42.5 Å². The first-order chi connectivity index (χ1) is 57.2. The van der Waals surface area contributed by atoms with E-state index in [0.717, 1.165) is 12.8 Å². The van der Waals surface area contributed by atoms with E-state index in [1.54, 1.807) is 55.4 Å². The van der Waals surface area contributed by atoms with E-state index in [1.807, 2.05) is 0 Å². The zero-order valence-electron chi connectivity index (χ0n) is 68.2. The maximum Gasteiger partial charge on any atom is 0.183 e. The van der Waals surface area contributed by atoms with Gasteiger partial charge in [-0.25, -0.2) is 67.3 Å². The summed E-state index contributed by atoms with van der Waals surface area (Å²) in [6.45, 7) is 13.6.